The highest BCUT2D eigenvalue weighted by Gasteiger charge is 2.21. The largest absolute Gasteiger partial charge is 0.457 e. The Hall–Kier alpha value is -1.21. The zero-order valence-corrected chi connectivity index (χ0v) is 15.4. The molecular formula is C17H17IO3S. The monoisotopic (exact) mass is 428 g/mol. The van der Waals surface area contributed by atoms with Gasteiger partial charge in [-0.2, -0.15) is 0 Å². The average molecular weight is 428 g/mol. The van der Waals surface area contributed by atoms with Gasteiger partial charge in [0.1, 0.15) is 6.10 Å². The number of aryl methyl sites for hydroxylation is 1. The van der Waals surface area contributed by atoms with Crippen molar-refractivity contribution in [1.82, 2.24) is 0 Å². The molecule has 22 heavy (non-hydrogen) atoms. The molecule has 0 saturated heterocycles. The topological polar surface area (TPSA) is 43.4 Å². The van der Waals surface area contributed by atoms with E-state index in [1.54, 1.807) is 0 Å². The molecule has 3 nitrogen and oxygen atoms in total. The number of carbonyl (C=O) groups is 1. The summed E-state index contributed by atoms with van der Waals surface area (Å²) in [5.41, 5.74) is 2.01. The summed E-state index contributed by atoms with van der Waals surface area (Å²) < 4.78 is 18.9. The van der Waals surface area contributed by atoms with Crippen LogP contribution in [-0.2, 0) is 20.3 Å². The molecule has 0 fully saturated rings. The highest BCUT2D eigenvalue weighted by molar-refractivity contribution is 14.1. The maximum absolute atomic E-state index is 12.5. The molecule has 0 aromatic heterocycles. The quantitative estimate of drug-likeness (QED) is 0.534. The fourth-order valence-electron chi connectivity index (χ4n) is 2.05. The predicted octanol–water partition coefficient (Wildman–Crippen LogP) is 4.01. The van der Waals surface area contributed by atoms with Crippen LogP contribution in [0.1, 0.15) is 24.2 Å². The smallest absolute Gasteiger partial charge is 0.303 e. The summed E-state index contributed by atoms with van der Waals surface area (Å²) in [5, 5.41) is 0. The van der Waals surface area contributed by atoms with Gasteiger partial charge in [0.2, 0.25) is 0 Å². The zero-order chi connectivity index (χ0) is 16.1. The number of ether oxygens (including phenoxy) is 1. The van der Waals surface area contributed by atoms with E-state index in [0.29, 0.717) is 0 Å². The Morgan fingerprint density at radius 2 is 1.82 bits per heavy atom. The number of hydrogen-bond donors (Lipinski definition) is 0. The van der Waals surface area contributed by atoms with Crippen LogP contribution in [0.5, 0.6) is 0 Å². The van der Waals surface area contributed by atoms with Crippen molar-refractivity contribution in [2.24, 2.45) is 0 Å². The van der Waals surface area contributed by atoms with Crippen molar-refractivity contribution in [2.75, 3.05) is 5.75 Å². The fraction of sp³-hybridized carbons (Fsp3) is 0.235. The number of carbonyl (C=O) groups excluding carboxylic acids is 1. The third-order valence-corrected chi connectivity index (χ3v) is 5.53. The van der Waals surface area contributed by atoms with E-state index < -0.39 is 16.9 Å². The summed E-state index contributed by atoms with van der Waals surface area (Å²) >= 11 is 2.20. The number of benzene rings is 2. The number of esters is 1. The van der Waals surface area contributed by atoms with Crippen molar-refractivity contribution in [2.45, 2.75) is 24.8 Å². The standard InChI is InChI=1S/C17H17IO3S/c1-12-7-9-14(10-8-12)22(20)11-17(21-13(2)19)15-5-3-4-6-16(15)18/h3-10,17H,11H2,1-2H3/t17-,22+/m0/s1. The zero-order valence-electron chi connectivity index (χ0n) is 12.4. The van der Waals surface area contributed by atoms with E-state index in [1.807, 2.05) is 55.5 Å². The van der Waals surface area contributed by atoms with Crippen LogP contribution in [0.3, 0.4) is 0 Å². The van der Waals surface area contributed by atoms with E-state index >= 15 is 0 Å². The lowest BCUT2D eigenvalue weighted by Crippen LogP contribution is -2.17. The molecule has 2 aromatic carbocycles. The van der Waals surface area contributed by atoms with Gasteiger partial charge in [0.25, 0.3) is 0 Å². The molecule has 0 unspecified atom stereocenters. The number of hydrogen-bond acceptors (Lipinski definition) is 3. The van der Waals surface area contributed by atoms with Gasteiger partial charge < -0.3 is 4.74 Å². The molecule has 0 saturated carbocycles. The SMILES string of the molecule is CC(=O)O[C@@H](C[S@@](=O)c1ccc(C)cc1)c1ccccc1I. The van der Waals surface area contributed by atoms with Crippen LogP contribution in [0.25, 0.3) is 0 Å². The third kappa shape index (κ3) is 4.64. The normalized spacial score (nSPS) is 13.4. The Labute approximate surface area is 146 Å². The minimum absolute atomic E-state index is 0.253. The van der Waals surface area contributed by atoms with Gasteiger partial charge in [-0.1, -0.05) is 35.9 Å². The predicted molar refractivity (Wildman–Crippen MR) is 96.1 cm³/mol. The second-order valence-electron chi connectivity index (χ2n) is 4.94. The van der Waals surface area contributed by atoms with Crippen molar-refractivity contribution >= 4 is 39.4 Å². The van der Waals surface area contributed by atoms with Gasteiger partial charge in [-0.25, -0.2) is 0 Å². The molecule has 2 atom stereocenters. The highest BCUT2D eigenvalue weighted by atomic mass is 127. The Kier molecular flexibility index (Phi) is 6.14. The van der Waals surface area contributed by atoms with Crippen LogP contribution < -0.4 is 0 Å². The van der Waals surface area contributed by atoms with E-state index in [0.717, 1.165) is 19.6 Å². The molecule has 0 aliphatic carbocycles. The first-order valence-electron chi connectivity index (χ1n) is 6.84. The van der Waals surface area contributed by atoms with Gasteiger partial charge in [0, 0.05) is 21.0 Å². The van der Waals surface area contributed by atoms with E-state index in [-0.39, 0.29) is 11.7 Å². The summed E-state index contributed by atoms with van der Waals surface area (Å²) in [6, 6.07) is 15.2. The molecular weight excluding hydrogens is 411 g/mol. The van der Waals surface area contributed by atoms with E-state index in [4.69, 9.17) is 4.74 Å². The second-order valence-corrected chi connectivity index (χ2v) is 7.60. The molecule has 0 radical (unpaired) electrons. The first-order chi connectivity index (χ1) is 10.5. The Bertz CT molecular complexity index is 683. The van der Waals surface area contributed by atoms with Crippen molar-refractivity contribution in [1.29, 1.82) is 0 Å². The van der Waals surface area contributed by atoms with Gasteiger partial charge >= 0.3 is 5.97 Å². The van der Waals surface area contributed by atoms with E-state index in [9.17, 15) is 9.00 Å². The molecule has 2 aromatic rings. The summed E-state index contributed by atoms with van der Waals surface area (Å²) in [4.78, 5) is 12.1. The molecule has 0 spiro atoms. The Balaban J connectivity index is 2.23. The van der Waals surface area contributed by atoms with E-state index in [1.165, 1.54) is 6.92 Å². The van der Waals surface area contributed by atoms with Gasteiger partial charge in [-0.05, 0) is 47.7 Å². The lowest BCUT2D eigenvalue weighted by molar-refractivity contribution is -0.145. The summed E-state index contributed by atoms with van der Waals surface area (Å²) in [6.07, 6.45) is -0.507. The van der Waals surface area contributed by atoms with Crippen molar-refractivity contribution in [3.8, 4) is 0 Å². The number of rotatable bonds is 5. The molecule has 0 N–H and O–H groups in total. The molecule has 0 heterocycles. The van der Waals surface area contributed by atoms with Gasteiger partial charge in [0.15, 0.2) is 0 Å². The lowest BCUT2D eigenvalue weighted by atomic mass is 10.1. The van der Waals surface area contributed by atoms with Crippen molar-refractivity contribution < 1.29 is 13.7 Å². The van der Waals surface area contributed by atoms with Crippen LogP contribution in [0.15, 0.2) is 53.4 Å². The second kappa shape index (κ2) is 7.87. The number of halogens is 1. The first kappa shape index (κ1) is 17.1. The molecule has 116 valence electrons. The molecule has 0 aliphatic rings. The minimum Gasteiger partial charge on any atom is -0.457 e. The summed E-state index contributed by atoms with van der Waals surface area (Å²) in [6.45, 7) is 3.36. The fourth-order valence-corrected chi connectivity index (χ4v) is 3.94. The van der Waals surface area contributed by atoms with Crippen molar-refractivity contribution in [3.63, 3.8) is 0 Å². The Morgan fingerprint density at radius 3 is 2.41 bits per heavy atom. The van der Waals surface area contributed by atoms with Gasteiger partial charge in [0.05, 0.1) is 16.6 Å². The summed E-state index contributed by atoms with van der Waals surface area (Å²) in [5.74, 6) is -0.117. The van der Waals surface area contributed by atoms with Crippen LogP contribution in [0.4, 0.5) is 0 Å². The maximum Gasteiger partial charge on any atom is 0.303 e. The summed E-state index contributed by atoms with van der Waals surface area (Å²) in [7, 11) is -1.23. The van der Waals surface area contributed by atoms with Crippen LogP contribution >= 0.6 is 22.6 Å². The molecule has 2 rings (SSSR count). The minimum atomic E-state index is -1.23. The highest BCUT2D eigenvalue weighted by Crippen LogP contribution is 2.25. The van der Waals surface area contributed by atoms with Gasteiger partial charge in [-0.15, -0.1) is 0 Å². The van der Waals surface area contributed by atoms with Gasteiger partial charge in [-0.3, -0.25) is 9.00 Å². The van der Waals surface area contributed by atoms with Crippen LogP contribution in [0.2, 0.25) is 0 Å². The molecule has 0 amide bonds. The average Bonchev–Trinajstić information content (AvgIpc) is 2.47. The first-order valence-corrected chi connectivity index (χ1v) is 9.24. The van der Waals surface area contributed by atoms with E-state index in [2.05, 4.69) is 22.6 Å². The van der Waals surface area contributed by atoms with Crippen LogP contribution in [-0.4, -0.2) is 15.9 Å². The maximum atomic E-state index is 12.5. The lowest BCUT2D eigenvalue weighted by Gasteiger charge is -2.18. The van der Waals surface area contributed by atoms with Crippen LogP contribution in [0, 0.1) is 10.5 Å². The Morgan fingerprint density at radius 1 is 1.18 bits per heavy atom. The molecule has 5 heteroatoms. The third-order valence-electron chi connectivity index (χ3n) is 3.15. The van der Waals surface area contributed by atoms with Crippen molar-refractivity contribution in [3.05, 3.63) is 63.2 Å². The molecule has 0 bridgehead atoms. The molecule has 0 aliphatic heterocycles.